The summed E-state index contributed by atoms with van der Waals surface area (Å²) in [4.78, 5) is 10.5. The zero-order valence-electron chi connectivity index (χ0n) is 10.1. The predicted octanol–water partition coefficient (Wildman–Crippen LogP) is 2.87. The maximum atomic E-state index is 10.9. The Kier molecular flexibility index (Phi) is 5.87. The summed E-state index contributed by atoms with van der Waals surface area (Å²) >= 11 is 3.20. The van der Waals surface area contributed by atoms with Gasteiger partial charge in [-0.15, -0.1) is 0 Å². The van der Waals surface area contributed by atoms with Gasteiger partial charge in [0.2, 0.25) is 0 Å². The van der Waals surface area contributed by atoms with Crippen molar-refractivity contribution in [2.75, 3.05) is 20.5 Å². The minimum Gasteiger partial charge on any atom is -0.493 e. The van der Waals surface area contributed by atoms with Crippen molar-refractivity contribution in [2.45, 2.75) is 12.3 Å². The van der Waals surface area contributed by atoms with Crippen molar-refractivity contribution in [1.29, 1.82) is 0 Å². The third kappa shape index (κ3) is 3.58. The van der Waals surface area contributed by atoms with Crippen molar-refractivity contribution in [2.24, 2.45) is 0 Å². The molecule has 0 aliphatic heterocycles. The van der Waals surface area contributed by atoms with Crippen molar-refractivity contribution >= 4 is 21.6 Å². The van der Waals surface area contributed by atoms with Gasteiger partial charge >= 0.3 is 0 Å². The highest BCUT2D eigenvalue weighted by atomic mass is 79.9. The molecule has 0 aliphatic rings. The molecule has 0 unspecified atom stereocenters. The molecular weight excluding hydrogens is 306 g/mol. The summed E-state index contributed by atoms with van der Waals surface area (Å²) in [7, 11) is 1.48. The molecule has 18 heavy (non-hydrogen) atoms. The second-order valence-corrected chi connectivity index (χ2v) is 3.84. The highest BCUT2D eigenvalue weighted by molar-refractivity contribution is 9.08. The molecule has 0 saturated carbocycles. The Balaban J connectivity index is 3.07. The number of benzene rings is 1. The van der Waals surface area contributed by atoms with Gasteiger partial charge in [0.1, 0.15) is 0 Å². The average Bonchev–Trinajstić information content (AvgIpc) is 2.38. The number of nitro benzene ring substituents is 1. The van der Waals surface area contributed by atoms with Crippen molar-refractivity contribution in [3.63, 3.8) is 0 Å². The van der Waals surface area contributed by atoms with E-state index >= 15 is 0 Å². The van der Waals surface area contributed by atoms with E-state index in [9.17, 15) is 10.1 Å². The Morgan fingerprint density at radius 3 is 2.61 bits per heavy atom. The lowest BCUT2D eigenvalue weighted by molar-refractivity contribution is -0.385. The topological polar surface area (TPSA) is 70.8 Å². The molecule has 1 aromatic carbocycles. The summed E-state index contributed by atoms with van der Waals surface area (Å²) in [6.07, 6.45) is 0. The van der Waals surface area contributed by atoms with E-state index in [1.165, 1.54) is 13.2 Å². The van der Waals surface area contributed by atoms with Gasteiger partial charge in [0, 0.05) is 17.5 Å². The first-order valence-corrected chi connectivity index (χ1v) is 6.38. The highest BCUT2D eigenvalue weighted by Crippen LogP contribution is 2.35. The van der Waals surface area contributed by atoms with E-state index in [2.05, 4.69) is 15.9 Å². The fourth-order valence-corrected chi connectivity index (χ4v) is 1.78. The minimum atomic E-state index is -0.455. The van der Waals surface area contributed by atoms with E-state index in [-0.39, 0.29) is 12.5 Å². The van der Waals surface area contributed by atoms with Crippen LogP contribution in [0, 0.1) is 10.1 Å². The van der Waals surface area contributed by atoms with Gasteiger partial charge in [-0.05, 0) is 13.0 Å². The Bertz CT molecular complexity index is 424. The molecule has 0 bridgehead atoms. The molecule has 0 radical (unpaired) electrons. The van der Waals surface area contributed by atoms with Gasteiger partial charge in [-0.2, -0.15) is 0 Å². The highest BCUT2D eigenvalue weighted by Gasteiger charge is 2.18. The minimum absolute atomic E-state index is 0.0147. The normalized spacial score (nSPS) is 10.2. The molecule has 7 heteroatoms. The lowest BCUT2D eigenvalue weighted by atomic mass is 10.2. The number of alkyl halides is 1. The average molecular weight is 320 g/mol. The lowest BCUT2D eigenvalue weighted by Gasteiger charge is -2.11. The molecule has 0 heterocycles. The Labute approximate surface area is 113 Å². The van der Waals surface area contributed by atoms with Crippen LogP contribution in [0.2, 0.25) is 0 Å². The first-order chi connectivity index (χ1) is 8.63. The van der Waals surface area contributed by atoms with Crippen LogP contribution in [0.15, 0.2) is 12.1 Å². The third-order valence-electron chi connectivity index (χ3n) is 2.21. The van der Waals surface area contributed by atoms with E-state index in [1.54, 1.807) is 6.07 Å². The summed E-state index contributed by atoms with van der Waals surface area (Å²) in [5.74, 6) is 0.733. The Hall–Kier alpha value is -1.34. The zero-order chi connectivity index (χ0) is 13.5. The van der Waals surface area contributed by atoms with Crippen molar-refractivity contribution in [3.8, 4) is 11.5 Å². The van der Waals surface area contributed by atoms with E-state index < -0.39 is 4.92 Å². The second-order valence-electron chi connectivity index (χ2n) is 3.28. The summed E-state index contributed by atoms with van der Waals surface area (Å²) in [6.45, 7) is 2.36. The molecule has 0 amide bonds. The van der Waals surface area contributed by atoms with Crippen LogP contribution in [-0.2, 0) is 10.1 Å². The molecular formula is C11H14BrNO5. The standard InChI is InChI=1S/C11H14BrNO5/c1-3-17-7-18-11-5-9(13(14)15)8(6-12)4-10(11)16-2/h4-5H,3,6-7H2,1-2H3. The number of nitrogens with zero attached hydrogens (tertiary/aromatic N) is 1. The van der Waals surface area contributed by atoms with Crippen LogP contribution in [0.25, 0.3) is 0 Å². The van der Waals surface area contributed by atoms with Crippen LogP contribution in [0.5, 0.6) is 11.5 Å². The number of hydrogen-bond donors (Lipinski definition) is 0. The van der Waals surface area contributed by atoms with Crippen molar-refractivity contribution < 1.29 is 19.1 Å². The van der Waals surface area contributed by atoms with E-state index in [0.29, 0.717) is 29.0 Å². The van der Waals surface area contributed by atoms with Crippen LogP contribution in [-0.4, -0.2) is 25.4 Å². The Morgan fingerprint density at radius 1 is 1.39 bits per heavy atom. The van der Waals surface area contributed by atoms with Gasteiger partial charge in [-0.25, -0.2) is 0 Å². The number of nitro groups is 1. The first-order valence-electron chi connectivity index (χ1n) is 5.25. The van der Waals surface area contributed by atoms with Gasteiger partial charge in [-0.3, -0.25) is 10.1 Å². The van der Waals surface area contributed by atoms with Gasteiger partial charge < -0.3 is 14.2 Å². The molecule has 0 aromatic heterocycles. The molecule has 100 valence electrons. The third-order valence-corrected chi connectivity index (χ3v) is 2.81. The summed E-state index contributed by atoms with van der Waals surface area (Å²) < 4.78 is 15.5. The molecule has 0 aliphatic carbocycles. The molecule has 0 fully saturated rings. The van der Waals surface area contributed by atoms with E-state index in [4.69, 9.17) is 14.2 Å². The largest absolute Gasteiger partial charge is 0.493 e. The molecule has 0 N–H and O–H groups in total. The van der Waals surface area contributed by atoms with Crippen LogP contribution in [0.1, 0.15) is 12.5 Å². The summed E-state index contributed by atoms with van der Waals surface area (Å²) in [5.41, 5.74) is 0.514. The molecule has 1 rings (SSSR count). The van der Waals surface area contributed by atoms with Crippen LogP contribution in [0.3, 0.4) is 0 Å². The predicted molar refractivity (Wildman–Crippen MR) is 69.4 cm³/mol. The molecule has 0 spiro atoms. The van der Waals surface area contributed by atoms with Gasteiger partial charge in [0.05, 0.1) is 18.1 Å². The summed E-state index contributed by atoms with van der Waals surface area (Å²) in [6, 6.07) is 2.92. The number of rotatable bonds is 7. The molecule has 0 atom stereocenters. The monoisotopic (exact) mass is 319 g/mol. The second kappa shape index (κ2) is 7.17. The number of halogens is 1. The molecule has 6 nitrogen and oxygen atoms in total. The van der Waals surface area contributed by atoms with Crippen LogP contribution < -0.4 is 9.47 Å². The number of hydrogen-bond acceptors (Lipinski definition) is 5. The van der Waals surface area contributed by atoms with E-state index in [0.717, 1.165) is 0 Å². The van der Waals surface area contributed by atoms with Gasteiger partial charge in [0.15, 0.2) is 18.3 Å². The van der Waals surface area contributed by atoms with Crippen LogP contribution in [0.4, 0.5) is 5.69 Å². The van der Waals surface area contributed by atoms with Crippen LogP contribution >= 0.6 is 15.9 Å². The molecule has 0 saturated heterocycles. The van der Waals surface area contributed by atoms with Gasteiger partial charge in [-0.1, -0.05) is 15.9 Å². The maximum Gasteiger partial charge on any atom is 0.277 e. The van der Waals surface area contributed by atoms with Crippen molar-refractivity contribution in [3.05, 3.63) is 27.8 Å². The quantitative estimate of drug-likeness (QED) is 0.254. The number of ether oxygens (including phenoxy) is 3. The van der Waals surface area contributed by atoms with Crippen molar-refractivity contribution in [1.82, 2.24) is 0 Å². The maximum absolute atomic E-state index is 10.9. The lowest BCUT2D eigenvalue weighted by Crippen LogP contribution is -2.05. The summed E-state index contributed by atoms with van der Waals surface area (Å²) in [5, 5.41) is 11.3. The zero-order valence-corrected chi connectivity index (χ0v) is 11.7. The first kappa shape index (κ1) is 14.7. The number of methoxy groups -OCH3 is 1. The molecule has 1 aromatic rings. The smallest absolute Gasteiger partial charge is 0.277 e. The van der Waals surface area contributed by atoms with Gasteiger partial charge in [0.25, 0.3) is 5.69 Å². The Morgan fingerprint density at radius 2 is 2.11 bits per heavy atom. The van der Waals surface area contributed by atoms with E-state index in [1.807, 2.05) is 6.92 Å². The fourth-order valence-electron chi connectivity index (χ4n) is 1.33. The fraction of sp³-hybridized carbons (Fsp3) is 0.455. The SMILES string of the molecule is CCOCOc1cc([N+](=O)[O-])c(CBr)cc1OC.